The number of aromatic nitrogens is 2. The number of thiophene rings is 1. The van der Waals surface area contributed by atoms with E-state index in [0.717, 1.165) is 27.1 Å². The van der Waals surface area contributed by atoms with E-state index in [4.69, 9.17) is 0 Å². The van der Waals surface area contributed by atoms with E-state index in [1.54, 1.807) is 29.1 Å². The molecule has 150 valence electrons. The second kappa shape index (κ2) is 7.63. The molecule has 0 radical (unpaired) electrons. The first-order valence-corrected chi connectivity index (χ1v) is 11.8. The van der Waals surface area contributed by atoms with Crippen LogP contribution in [0.4, 0.5) is 15.8 Å². The van der Waals surface area contributed by atoms with Crippen LogP contribution in [-0.2, 0) is 0 Å². The number of halogens is 1. The largest absolute Gasteiger partial charge is 0.352 e. The lowest BCUT2D eigenvalue weighted by Gasteiger charge is -2.38. The lowest BCUT2D eigenvalue weighted by molar-refractivity contribution is 0.148. The van der Waals surface area contributed by atoms with Gasteiger partial charge in [-0.1, -0.05) is 6.92 Å². The smallest absolute Gasteiger partial charge is 0.173 e. The fourth-order valence-electron chi connectivity index (χ4n) is 4.43. The van der Waals surface area contributed by atoms with Crippen molar-refractivity contribution < 1.29 is 4.39 Å². The Balaban J connectivity index is 1.51. The Morgan fingerprint density at radius 1 is 1.24 bits per heavy atom. The van der Waals surface area contributed by atoms with Crippen LogP contribution in [-0.4, -0.2) is 34.0 Å². The topological polar surface area (TPSA) is 41.0 Å². The number of pyridine rings is 1. The summed E-state index contributed by atoms with van der Waals surface area (Å²) in [5.41, 5.74) is 3.44. The molecule has 1 aromatic carbocycles. The van der Waals surface area contributed by atoms with E-state index in [-0.39, 0.29) is 5.82 Å². The zero-order valence-corrected chi connectivity index (χ0v) is 18.1. The number of hydrogen-bond acceptors (Lipinski definition) is 6. The molecule has 2 unspecified atom stereocenters. The van der Waals surface area contributed by atoms with Crippen molar-refractivity contribution in [1.82, 2.24) is 14.9 Å². The summed E-state index contributed by atoms with van der Waals surface area (Å²) in [7, 11) is 0. The first kappa shape index (κ1) is 18.9. The Labute approximate surface area is 177 Å². The van der Waals surface area contributed by atoms with Crippen molar-refractivity contribution in [2.24, 2.45) is 0 Å². The predicted octanol–water partition coefficient (Wildman–Crippen LogP) is 6.38. The van der Waals surface area contributed by atoms with E-state index in [1.807, 2.05) is 12.1 Å². The SMILES string of the molecule is CCN1CCCC(c2cc3c(Nc4ccc5scnc5c4F)ccnc3s2)C1C. The summed E-state index contributed by atoms with van der Waals surface area (Å²) >= 11 is 3.22. The summed E-state index contributed by atoms with van der Waals surface area (Å²) in [4.78, 5) is 13.7. The van der Waals surface area contributed by atoms with Gasteiger partial charge in [0.1, 0.15) is 10.3 Å². The summed E-state index contributed by atoms with van der Waals surface area (Å²) in [6.07, 6.45) is 4.24. The Hall–Kier alpha value is -2.09. The van der Waals surface area contributed by atoms with Crippen molar-refractivity contribution in [3.05, 3.63) is 46.7 Å². The predicted molar refractivity (Wildman–Crippen MR) is 121 cm³/mol. The summed E-state index contributed by atoms with van der Waals surface area (Å²) in [6, 6.07) is 8.42. The van der Waals surface area contributed by atoms with Gasteiger partial charge in [0.15, 0.2) is 5.82 Å². The molecule has 2 atom stereocenters. The molecule has 1 saturated heterocycles. The molecule has 1 aliphatic heterocycles. The zero-order valence-electron chi connectivity index (χ0n) is 16.5. The van der Waals surface area contributed by atoms with E-state index >= 15 is 0 Å². The van der Waals surface area contributed by atoms with E-state index in [0.29, 0.717) is 23.2 Å². The fourth-order valence-corrected chi connectivity index (χ4v) is 6.36. The van der Waals surface area contributed by atoms with Crippen LogP contribution in [0.25, 0.3) is 20.4 Å². The number of thiazole rings is 1. The van der Waals surface area contributed by atoms with Crippen LogP contribution in [0.1, 0.15) is 37.5 Å². The van der Waals surface area contributed by atoms with E-state index < -0.39 is 0 Å². The molecule has 4 heterocycles. The Bertz CT molecular complexity index is 1170. The number of fused-ring (bicyclic) bond motifs is 2. The first-order chi connectivity index (χ1) is 14.2. The molecule has 3 aromatic heterocycles. The molecule has 7 heteroatoms. The molecule has 0 aliphatic carbocycles. The highest BCUT2D eigenvalue weighted by molar-refractivity contribution is 7.18. The van der Waals surface area contributed by atoms with Crippen LogP contribution in [0.5, 0.6) is 0 Å². The van der Waals surface area contributed by atoms with Crippen LogP contribution in [0, 0.1) is 5.82 Å². The normalized spacial score (nSPS) is 20.5. The molecule has 0 spiro atoms. The highest BCUT2D eigenvalue weighted by Gasteiger charge is 2.29. The van der Waals surface area contributed by atoms with E-state index in [1.165, 1.54) is 35.6 Å². The molecule has 4 aromatic rings. The number of piperidine rings is 1. The molecule has 1 fully saturated rings. The van der Waals surface area contributed by atoms with Gasteiger partial charge >= 0.3 is 0 Å². The monoisotopic (exact) mass is 426 g/mol. The van der Waals surface area contributed by atoms with Gasteiger partial charge in [-0.3, -0.25) is 0 Å². The van der Waals surface area contributed by atoms with Crippen molar-refractivity contribution in [1.29, 1.82) is 0 Å². The zero-order chi connectivity index (χ0) is 20.0. The molecule has 0 bridgehead atoms. The summed E-state index contributed by atoms with van der Waals surface area (Å²) in [6.45, 7) is 6.85. The first-order valence-electron chi connectivity index (χ1n) is 10.1. The van der Waals surface area contributed by atoms with Crippen LogP contribution in [0.15, 0.2) is 36.0 Å². The molecule has 1 N–H and O–H groups in total. The van der Waals surface area contributed by atoms with E-state index in [2.05, 4.69) is 40.1 Å². The van der Waals surface area contributed by atoms with Crippen molar-refractivity contribution in [3.63, 3.8) is 0 Å². The molecule has 29 heavy (non-hydrogen) atoms. The molecule has 5 rings (SSSR count). The third-order valence-electron chi connectivity index (χ3n) is 6.06. The van der Waals surface area contributed by atoms with Gasteiger partial charge in [0, 0.05) is 28.4 Å². The van der Waals surface area contributed by atoms with Crippen LogP contribution < -0.4 is 5.32 Å². The molecule has 1 aliphatic rings. The van der Waals surface area contributed by atoms with Gasteiger partial charge in [-0.25, -0.2) is 14.4 Å². The lowest BCUT2D eigenvalue weighted by atomic mass is 9.89. The van der Waals surface area contributed by atoms with Crippen molar-refractivity contribution in [3.8, 4) is 0 Å². The quantitative estimate of drug-likeness (QED) is 0.411. The summed E-state index contributed by atoms with van der Waals surface area (Å²) < 4.78 is 15.7. The average Bonchev–Trinajstić information content (AvgIpc) is 3.38. The second-order valence-corrected chi connectivity index (χ2v) is 9.54. The van der Waals surface area contributed by atoms with Gasteiger partial charge in [0.2, 0.25) is 0 Å². The van der Waals surface area contributed by atoms with E-state index in [9.17, 15) is 4.39 Å². The summed E-state index contributed by atoms with van der Waals surface area (Å²) in [5, 5.41) is 4.35. The van der Waals surface area contributed by atoms with Gasteiger partial charge in [0.05, 0.1) is 21.6 Å². The maximum Gasteiger partial charge on any atom is 0.173 e. The molecule has 0 amide bonds. The summed E-state index contributed by atoms with van der Waals surface area (Å²) in [5.74, 6) is 0.225. The maximum absolute atomic E-state index is 14.9. The third kappa shape index (κ3) is 3.31. The molecule has 0 saturated carbocycles. The highest BCUT2D eigenvalue weighted by atomic mass is 32.1. The number of nitrogens with one attached hydrogen (secondary N) is 1. The Morgan fingerprint density at radius 3 is 3.00 bits per heavy atom. The standard InChI is InChI=1S/C22H23FN4S2/c1-3-27-10-4-5-14(13(27)2)19-11-15-16(8-9-24-22(15)29-19)26-17-6-7-18-21(20(17)23)25-12-28-18/h6-9,11-14H,3-5,10H2,1-2H3,(H,24,26). The Kier molecular flexibility index (Phi) is 4.97. The van der Waals surface area contributed by atoms with Gasteiger partial charge in [-0.2, -0.15) is 0 Å². The minimum absolute atomic E-state index is 0.302. The highest BCUT2D eigenvalue weighted by Crippen LogP contribution is 2.40. The molecular formula is C22H23FN4S2. The van der Waals surface area contributed by atoms with Crippen LogP contribution in [0.3, 0.4) is 0 Å². The number of nitrogens with zero attached hydrogens (tertiary/aromatic N) is 3. The average molecular weight is 427 g/mol. The number of anilines is 2. The van der Waals surface area contributed by atoms with Gasteiger partial charge in [-0.05, 0) is 57.1 Å². The Morgan fingerprint density at radius 2 is 2.14 bits per heavy atom. The minimum Gasteiger partial charge on any atom is -0.352 e. The fraction of sp³-hybridized carbons (Fsp3) is 0.364. The molecular weight excluding hydrogens is 403 g/mol. The van der Waals surface area contributed by atoms with Gasteiger partial charge < -0.3 is 10.2 Å². The lowest BCUT2D eigenvalue weighted by Crippen LogP contribution is -2.41. The second-order valence-electron chi connectivity index (χ2n) is 7.60. The number of likely N-dealkylation sites (N-methyl/N-ethyl adjacent to an activating group) is 1. The van der Waals surface area contributed by atoms with Gasteiger partial charge in [-0.15, -0.1) is 22.7 Å². The van der Waals surface area contributed by atoms with Gasteiger partial charge in [0.25, 0.3) is 0 Å². The molecule has 4 nitrogen and oxygen atoms in total. The van der Waals surface area contributed by atoms with Crippen LogP contribution >= 0.6 is 22.7 Å². The number of hydrogen-bond donors (Lipinski definition) is 1. The minimum atomic E-state index is -0.302. The number of benzene rings is 1. The third-order valence-corrected chi connectivity index (χ3v) is 8.02. The number of likely N-dealkylation sites (tertiary alicyclic amines) is 1. The van der Waals surface area contributed by atoms with Crippen molar-refractivity contribution in [2.45, 2.75) is 38.6 Å². The van der Waals surface area contributed by atoms with Crippen LogP contribution in [0.2, 0.25) is 0 Å². The maximum atomic E-state index is 14.9. The van der Waals surface area contributed by atoms with Crippen molar-refractivity contribution >= 4 is 54.5 Å². The van der Waals surface area contributed by atoms with Crippen molar-refractivity contribution in [2.75, 3.05) is 18.4 Å². The number of rotatable bonds is 4.